The standard InChI is InChI=1S/C17H20N6S/c1-12-15(24-11-19-12)10-23-7-3-5-14(9-23)17-20-16(21-22-17)13-4-2-6-18-8-13/h2,4,6,8,11,14H,3,5,7,9-10H2,1H3,(H,20,21,22). The van der Waals surface area contributed by atoms with E-state index in [9.17, 15) is 0 Å². The molecular weight excluding hydrogens is 320 g/mol. The summed E-state index contributed by atoms with van der Waals surface area (Å²) in [5, 5.41) is 7.51. The van der Waals surface area contributed by atoms with Gasteiger partial charge in [0.05, 0.1) is 11.2 Å². The van der Waals surface area contributed by atoms with E-state index in [4.69, 9.17) is 4.98 Å². The van der Waals surface area contributed by atoms with Gasteiger partial charge < -0.3 is 0 Å². The number of likely N-dealkylation sites (tertiary alicyclic amines) is 1. The lowest BCUT2D eigenvalue weighted by atomic mass is 9.97. The summed E-state index contributed by atoms with van der Waals surface area (Å²) in [5.74, 6) is 2.12. The van der Waals surface area contributed by atoms with Gasteiger partial charge in [-0.3, -0.25) is 15.0 Å². The predicted octanol–water partition coefficient (Wildman–Crippen LogP) is 3.01. The van der Waals surface area contributed by atoms with Crippen LogP contribution in [0.5, 0.6) is 0 Å². The van der Waals surface area contributed by atoms with E-state index in [2.05, 4.69) is 32.0 Å². The highest BCUT2D eigenvalue weighted by atomic mass is 32.1. The fourth-order valence-electron chi connectivity index (χ4n) is 3.18. The monoisotopic (exact) mass is 340 g/mol. The van der Waals surface area contributed by atoms with Gasteiger partial charge in [0.25, 0.3) is 0 Å². The Labute approximate surface area is 145 Å². The first-order valence-electron chi connectivity index (χ1n) is 8.23. The molecule has 0 spiro atoms. The molecule has 0 radical (unpaired) electrons. The molecular formula is C17H20N6S. The molecule has 1 N–H and O–H groups in total. The second-order valence-corrected chi connectivity index (χ2v) is 7.16. The molecule has 0 aliphatic carbocycles. The Balaban J connectivity index is 1.46. The molecule has 0 bridgehead atoms. The van der Waals surface area contributed by atoms with Gasteiger partial charge in [-0.1, -0.05) is 0 Å². The fourth-order valence-corrected chi connectivity index (χ4v) is 4.00. The van der Waals surface area contributed by atoms with E-state index in [0.717, 1.165) is 49.0 Å². The lowest BCUT2D eigenvalue weighted by molar-refractivity contribution is 0.198. The highest BCUT2D eigenvalue weighted by molar-refractivity contribution is 7.09. The number of hydrogen-bond acceptors (Lipinski definition) is 6. The first-order valence-corrected chi connectivity index (χ1v) is 9.11. The second-order valence-electron chi connectivity index (χ2n) is 6.22. The first kappa shape index (κ1) is 15.4. The third-order valence-electron chi connectivity index (χ3n) is 4.53. The molecule has 1 aliphatic rings. The number of piperidine rings is 1. The largest absolute Gasteiger partial charge is 0.297 e. The van der Waals surface area contributed by atoms with Crippen LogP contribution in [0, 0.1) is 6.92 Å². The number of aryl methyl sites for hydroxylation is 1. The highest BCUT2D eigenvalue weighted by Crippen LogP contribution is 2.27. The van der Waals surface area contributed by atoms with Crippen LogP contribution in [0.15, 0.2) is 30.0 Å². The molecule has 0 saturated carbocycles. The van der Waals surface area contributed by atoms with E-state index in [1.807, 2.05) is 17.6 Å². The molecule has 1 unspecified atom stereocenters. The lowest BCUT2D eigenvalue weighted by Gasteiger charge is -2.31. The number of nitrogens with one attached hydrogen (secondary N) is 1. The molecule has 0 amide bonds. The average molecular weight is 340 g/mol. The van der Waals surface area contributed by atoms with Crippen LogP contribution in [0.4, 0.5) is 0 Å². The van der Waals surface area contributed by atoms with Crippen LogP contribution in [0.2, 0.25) is 0 Å². The Kier molecular flexibility index (Phi) is 4.36. The van der Waals surface area contributed by atoms with Crippen molar-refractivity contribution in [3.05, 3.63) is 46.4 Å². The van der Waals surface area contributed by atoms with Crippen LogP contribution >= 0.6 is 11.3 Å². The van der Waals surface area contributed by atoms with Crippen LogP contribution in [-0.2, 0) is 6.54 Å². The van der Waals surface area contributed by atoms with Gasteiger partial charge in [-0.2, -0.15) is 5.10 Å². The Hall–Kier alpha value is -2.12. The number of thiazole rings is 1. The van der Waals surface area contributed by atoms with E-state index in [0.29, 0.717) is 5.92 Å². The van der Waals surface area contributed by atoms with Crippen molar-refractivity contribution >= 4 is 11.3 Å². The second kappa shape index (κ2) is 6.78. The van der Waals surface area contributed by atoms with Crippen molar-refractivity contribution in [3.8, 4) is 11.4 Å². The Morgan fingerprint density at radius 2 is 2.38 bits per heavy atom. The Morgan fingerprint density at radius 3 is 3.17 bits per heavy atom. The van der Waals surface area contributed by atoms with Gasteiger partial charge in [0.15, 0.2) is 5.82 Å². The maximum absolute atomic E-state index is 4.71. The van der Waals surface area contributed by atoms with Crippen LogP contribution in [0.25, 0.3) is 11.4 Å². The molecule has 3 aromatic rings. The number of rotatable bonds is 4. The predicted molar refractivity (Wildman–Crippen MR) is 93.7 cm³/mol. The molecule has 1 aliphatic heterocycles. The first-order chi connectivity index (χ1) is 11.8. The third-order valence-corrected chi connectivity index (χ3v) is 5.45. The van der Waals surface area contributed by atoms with Gasteiger partial charge in [0.2, 0.25) is 0 Å². The summed E-state index contributed by atoms with van der Waals surface area (Å²) in [6.45, 7) is 5.22. The summed E-state index contributed by atoms with van der Waals surface area (Å²) < 4.78 is 0. The topological polar surface area (TPSA) is 70.6 Å². The molecule has 1 atom stereocenters. The molecule has 3 aromatic heterocycles. The number of H-pyrrole nitrogens is 1. The third kappa shape index (κ3) is 3.22. The van der Waals surface area contributed by atoms with Gasteiger partial charge >= 0.3 is 0 Å². The number of aromatic nitrogens is 5. The van der Waals surface area contributed by atoms with Gasteiger partial charge in [0, 0.05) is 41.8 Å². The minimum atomic E-state index is 0.407. The molecule has 7 heteroatoms. The summed E-state index contributed by atoms with van der Waals surface area (Å²) in [4.78, 5) is 17.1. The minimum Gasteiger partial charge on any atom is -0.297 e. The number of hydrogen-bond donors (Lipinski definition) is 1. The van der Waals surface area contributed by atoms with Crippen molar-refractivity contribution < 1.29 is 0 Å². The highest BCUT2D eigenvalue weighted by Gasteiger charge is 2.25. The van der Waals surface area contributed by atoms with E-state index < -0.39 is 0 Å². The van der Waals surface area contributed by atoms with Crippen molar-refractivity contribution in [3.63, 3.8) is 0 Å². The molecule has 24 heavy (non-hydrogen) atoms. The maximum atomic E-state index is 4.71. The van der Waals surface area contributed by atoms with Crippen LogP contribution in [0.1, 0.15) is 35.2 Å². The van der Waals surface area contributed by atoms with Gasteiger partial charge in [-0.05, 0) is 38.4 Å². The van der Waals surface area contributed by atoms with Crippen molar-refractivity contribution in [2.24, 2.45) is 0 Å². The molecule has 4 rings (SSSR count). The maximum Gasteiger partial charge on any atom is 0.182 e. The van der Waals surface area contributed by atoms with Crippen molar-refractivity contribution in [1.29, 1.82) is 0 Å². The fraction of sp³-hybridized carbons (Fsp3) is 0.412. The minimum absolute atomic E-state index is 0.407. The summed E-state index contributed by atoms with van der Waals surface area (Å²) in [5.41, 5.74) is 4.04. The number of nitrogens with zero attached hydrogens (tertiary/aromatic N) is 5. The molecule has 1 saturated heterocycles. The van der Waals surface area contributed by atoms with E-state index in [-0.39, 0.29) is 0 Å². The van der Waals surface area contributed by atoms with Gasteiger partial charge in [-0.15, -0.1) is 11.3 Å². The summed E-state index contributed by atoms with van der Waals surface area (Å²) in [6, 6.07) is 3.89. The summed E-state index contributed by atoms with van der Waals surface area (Å²) >= 11 is 1.75. The van der Waals surface area contributed by atoms with Crippen molar-refractivity contribution in [2.75, 3.05) is 13.1 Å². The quantitative estimate of drug-likeness (QED) is 0.790. The number of aromatic amines is 1. The molecule has 124 valence electrons. The molecule has 1 fully saturated rings. The summed E-state index contributed by atoms with van der Waals surface area (Å²) in [6.07, 6.45) is 5.90. The zero-order chi connectivity index (χ0) is 16.4. The van der Waals surface area contributed by atoms with E-state index >= 15 is 0 Å². The molecule has 4 heterocycles. The zero-order valence-corrected chi connectivity index (χ0v) is 14.5. The van der Waals surface area contributed by atoms with Crippen molar-refractivity contribution in [2.45, 2.75) is 32.2 Å². The van der Waals surface area contributed by atoms with E-state index in [1.165, 1.54) is 11.3 Å². The molecule has 6 nitrogen and oxygen atoms in total. The SMILES string of the molecule is Cc1ncsc1CN1CCCC(c2nc(-c3cccnc3)n[nH]2)C1. The van der Waals surface area contributed by atoms with E-state index in [1.54, 1.807) is 23.7 Å². The summed E-state index contributed by atoms with van der Waals surface area (Å²) in [7, 11) is 0. The van der Waals surface area contributed by atoms with Crippen molar-refractivity contribution in [1.82, 2.24) is 30.0 Å². The smallest absolute Gasteiger partial charge is 0.182 e. The lowest BCUT2D eigenvalue weighted by Crippen LogP contribution is -2.34. The van der Waals surface area contributed by atoms with Crippen LogP contribution in [0.3, 0.4) is 0 Å². The van der Waals surface area contributed by atoms with Gasteiger partial charge in [-0.25, -0.2) is 9.97 Å². The zero-order valence-electron chi connectivity index (χ0n) is 13.6. The van der Waals surface area contributed by atoms with Gasteiger partial charge in [0.1, 0.15) is 5.82 Å². The number of pyridine rings is 1. The van der Waals surface area contributed by atoms with Crippen LogP contribution in [-0.4, -0.2) is 43.1 Å². The normalized spacial score (nSPS) is 18.8. The van der Waals surface area contributed by atoms with Crippen LogP contribution < -0.4 is 0 Å². The Bertz CT molecular complexity index is 796. The molecule has 0 aromatic carbocycles. The average Bonchev–Trinajstić information content (AvgIpc) is 3.26. The Morgan fingerprint density at radius 1 is 1.42 bits per heavy atom.